The first-order valence-electron chi connectivity index (χ1n) is 6.07. The Bertz CT molecular complexity index is 545. The zero-order valence-corrected chi connectivity index (χ0v) is 13.6. The first-order valence-corrected chi connectivity index (χ1v) is 8.02. The molecule has 0 bridgehead atoms. The molecule has 2 N–H and O–H groups in total. The smallest absolute Gasteiger partial charge is 0.274 e. The highest BCUT2D eigenvalue weighted by atomic mass is 79.9. The summed E-state index contributed by atoms with van der Waals surface area (Å²) in [5.41, 5.74) is 0.981. The van der Waals surface area contributed by atoms with E-state index < -0.39 is 4.92 Å². The molecule has 1 aromatic heterocycles. The molecule has 0 saturated heterocycles. The Morgan fingerprint density at radius 1 is 1.62 bits per heavy atom. The fraction of sp³-hybridized carbons (Fsp3) is 0.308. The fourth-order valence-corrected chi connectivity index (χ4v) is 2.75. The monoisotopic (exact) mass is 370 g/mol. The number of nitrogens with one attached hydrogen (secondary N) is 2. The molecule has 0 aromatic carbocycles. The van der Waals surface area contributed by atoms with Crippen LogP contribution < -0.4 is 10.6 Å². The van der Waals surface area contributed by atoms with Gasteiger partial charge in [0.2, 0.25) is 0 Å². The molecule has 0 aliphatic heterocycles. The maximum Gasteiger partial charge on any atom is 0.274 e. The minimum absolute atomic E-state index is 0.237. The van der Waals surface area contributed by atoms with Crippen molar-refractivity contribution in [1.82, 2.24) is 15.6 Å². The van der Waals surface area contributed by atoms with Gasteiger partial charge in [-0.3, -0.25) is 15.1 Å². The number of nitro groups is 1. The van der Waals surface area contributed by atoms with E-state index in [0.29, 0.717) is 12.4 Å². The quantitative estimate of drug-likeness (QED) is 0.299. The SMILES string of the molecule is C#CCN/C(=C/[N+](=O)[O-])NCCSCc1ncccc1Br. The molecule has 21 heavy (non-hydrogen) atoms. The third kappa shape index (κ3) is 7.58. The summed E-state index contributed by atoms with van der Waals surface area (Å²) in [6.07, 6.45) is 7.73. The zero-order valence-electron chi connectivity index (χ0n) is 11.2. The number of pyridine rings is 1. The number of terminal acetylenes is 1. The topological polar surface area (TPSA) is 80.1 Å². The summed E-state index contributed by atoms with van der Waals surface area (Å²) < 4.78 is 0.982. The van der Waals surface area contributed by atoms with Crippen LogP contribution in [0.3, 0.4) is 0 Å². The van der Waals surface area contributed by atoms with Crippen molar-refractivity contribution in [2.45, 2.75) is 5.75 Å². The minimum Gasteiger partial charge on any atom is -0.366 e. The Morgan fingerprint density at radius 3 is 3.10 bits per heavy atom. The van der Waals surface area contributed by atoms with Crippen LogP contribution >= 0.6 is 27.7 Å². The summed E-state index contributed by atoms with van der Waals surface area (Å²) in [6, 6.07) is 3.81. The molecule has 6 nitrogen and oxygen atoms in total. The predicted molar refractivity (Wildman–Crippen MR) is 88.0 cm³/mol. The van der Waals surface area contributed by atoms with Gasteiger partial charge in [0.15, 0.2) is 5.82 Å². The summed E-state index contributed by atoms with van der Waals surface area (Å²) in [6.45, 7) is 0.826. The van der Waals surface area contributed by atoms with E-state index in [0.717, 1.165) is 27.9 Å². The molecule has 0 amide bonds. The molecule has 0 unspecified atom stereocenters. The van der Waals surface area contributed by atoms with Gasteiger partial charge in [0, 0.05) is 28.7 Å². The number of rotatable bonds is 9. The van der Waals surface area contributed by atoms with Crippen LogP contribution in [0.15, 0.2) is 34.8 Å². The Kier molecular flexibility index (Phi) is 8.31. The maximum atomic E-state index is 10.5. The standard InChI is InChI=1S/C13H15BrN4O2S/c1-2-5-16-13(9-18(19)20)17-7-8-21-10-12-11(14)4-3-6-15-12/h1,3-4,6,9,16-17H,5,7-8,10H2/b13-9-. The van der Waals surface area contributed by atoms with Crippen LogP contribution in [0.25, 0.3) is 0 Å². The van der Waals surface area contributed by atoms with Crippen LogP contribution in [0.2, 0.25) is 0 Å². The fourth-order valence-electron chi connectivity index (χ4n) is 1.36. The zero-order chi connectivity index (χ0) is 15.5. The molecular formula is C13H15BrN4O2S. The average Bonchev–Trinajstić information content (AvgIpc) is 2.45. The first-order chi connectivity index (χ1) is 10.1. The Balaban J connectivity index is 2.30. The molecule has 0 aliphatic rings. The van der Waals surface area contributed by atoms with Gasteiger partial charge in [-0.2, -0.15) is 11.8 Å². The first kappa shape index (κ1) is 17.3. The lowest BCUT2D eigenvalue weighted by Crippen LogP contribution is -2.29. The molecule has 8 heteroatoms. The van der Waals surface area contributed by atoms with Gasteiger partial charge in [0.1, 0.15) is 0 Å². The van der Waals surface area contributed by atoms with E-state index in [-0.39, 0.29) is 6.54 Å². The lowest BCUT2D eigenvalue weighted by molar-refractivity contribution is -0.404. The second-order valence-corrected chi connectivity index (χ2v) is 5.76. The summed E-state index contributed by atoms with van der Waals surface area (Å²) >= 11 is 5.12. The van der Waals surface area contributed by atoms with Crippen LogP contribution in [-0.2, 0) is 5.75 Å². The average molecular weight is 371 g/mol. The molecule has 0 spiro atoms. The predicted octanol–water partition coefficient (Wildman–Crippen LogP) is 1.97. The Labute approximate surface area is 136 Å². The molecule has 0 fully saturated rings. The molecule has 0 saturated carbocycles. The van der Waals surface area contributed by atoms with Crippen molar-refractivity contribution in [1.29, 1.82) is 0 Å². The highest BCUT2D eigenvalue weighted by molar-refractivity contribution is 9.10. The summed E-state index contributed by atoms with van der Waals surface area (Å²) in [4.78, 5) is 14.2. The van der Waals surface area contributed by atoms with Crippen LogP contribution in [0.4, 0.5) is 0 Å². The van der Waals surface area contributed by atoms with Crippen molar-refractivity contribution < 1.29 is 4.92 Å². The number of thioether (sulfide) groups is 1. The minimum atomic E-state index is -0.524. The molecule has 1 rings (SSSR count). The van der Waals surface area contributed by atoms with Gasteiger partial charge in [-0.15, -0.1) is 6.42 Å². The normalized spacial score (nSPS) is 10.8. The van der Waals surface area contributed by atoms with Gasteiger partial charge in [-0.05, 0) is 28.1 Å². The summed E-state index contributed by atoms with van der Waals surface area (Å²) in [5.74, 6) is 4.25. The van der Waals surface area contributed by atoms with Crippen molar-refractivity contribution in [2.24, 2.45) is 0 Å². The number of hydrogen-bond acceptors (Lipinski definition) is 6. The van der Waals surface area contributed by atoms with Gasteiger partial charge in [0.05, 0.1) is 17.2 Å². The van der Waals surface area contributed by atoms with E-state index in [1.54, 1.807) is 18.0 Å². The molecule has 1 aromatic rings. The van der Waals surface area contributed by atoms with Crippen molar-refractivity contribution in [3.8, 4) is 12.3 Å². The van der Waals surface area contributed by atoms with E-state index in [9.17, 15) is 10.1 Å². The number of halogens is 1. The molecule has 0 radical (unpaired) electrons. The van der Waals surface area contributed by atoms with Crippen LogP contribution in [0.5, 0.6) is 0 Å². The summed E-state index contributed by atoms with van der Waals surface area (Å²) in [5, 5.41) is 16.2. The second-order valence-electron chi connectivity index (χ2n) is 3.80. The van der Waals surface area contributed by atoms with Crippen LogP contribution in [-0.4, -0.2) is 28.7 Å². The Hall–Kier alpha value is -1.72. The van der Waals surface area contributed by atoms with Crippen molar-refractivity contribution >= 4 is 27.7 Å². The van der Waals surface area contributed by atoms with Gasteiger partial charge in [-0.1, -0.05) is 5.92 Å². The van der Waals surface area contributed by atoms with Crippen molar-refractivity contribution in [3.05, 3.63) is 50.6 Å². The Morgan fingerprint density at radius 2 is 2.43 bits per heavy atom. The van der Waals surface area contributed by atoms with Crippen LogP contribution in [0.1, 0.15) is 5.69 Å². The molecule has 0 aliphatic carbocycles. The van der Waals surface area contributed by atoms with Gasteiger partial charge in [-0.25, -0.2) is 0 Å². The second kappa shape index (κ2) is 10.1. The van der Waals surface area contributed by atoms with E-state index in [1.165, 1.54) is 0 Å². The van der Waals surface area contributed by atoms with E-state index in [2.05, 4.69) is 37.5 Å². The highest BCUT2D eigenvalue weighted by Gasteiger charge is 2.02. The van der Waals surface area contributed by atoms with Gasteiger partial charge < -0.3 is 10.6 Å². The molecule has 112 valence electrons. The maximum absolute atomic E-state index is 10.5. The lowest BCUT2D eigenvalue weighted by atomic mass is 10.4. The van der Waals surface area contributed by atoms with Gasteiger partial charge >= 0.3 is 0 Å². The summed E-state index contributed by atoms with van der Waals surface area (Å²) in [7, 11) is 0. The largest absolute Gasteiger partial charge is 0.366 e. The van der Waals surface area contributed by atoms with E-state index in [1.807, 2.05) is 12.1 Å². The third-order valence-electron chi connectivity index (χ3n) is 2.25. The molecular weight excluding hydrogens is 356 g/mol. The molecule has 1 heterocycles. The van der Waals surface area contributed by atoms with Crippen molar-refractivity contribution in [2.75, 3.05) is 18.8 Å². The number of aromatic nitrogens is 1. The molecule has 0 atom stereocenters. The van der Waals surface area contributed by atoms with Gasteiger partial charge in [0.25, 0.3) is 6.20 Å². The highest BCUT2D eigenvalue weighted by Crippen LogP contribution is 2.18. The number of nitrogens with zero attached hydrogens (tertiary/aromatic N) is 2. The van der Waals surface area contributed by atoms with Crippen molar-refractivity contribution in [3.63, 3.8) is 0 Å². The lowest BCUT2D eigenvalue weighted by Gasteiger charge is -2.09. The number of hydrogen-bond donors (Lipinski definition) is 2. The van der Waals surface area contributed by atoms with E-state index >= 15 is 0 Å². The van der Waals surface area contributed by atoms with Crippen LogP contribution in [0, 0.1) is 22.5 Å². The third-order valence-corrected chi connectivity index (χ3v) is 3.94. The van der Waals surface area contributed by atoms with E-state index in [4.69, 9.17) is 6.42 Å².